The van der Waals surface area contributed by atoms with Crippen molar-refractivity contribution in [3.63, 3.8) is 0 Å². The summed E-state index contributed by atoms with van der Waals surface area (Å²) in [6.45, 7) is 1.77. The number of nitrogens with one attached hydrogen (secondary N) is 2. The van der Waals surface area contributed by atoms with Gasteiger partial charge in [-0.1, -0.05) is 30.3 Å². The van der Waals surface area contributed by atoms with Crippen LogP contribution in [0.5, 0.6) is 0 Å². The van der Waals surface area contributed by atoms with E-state index in [0.29, 0.717) is 49.9 Å². The molecule has 1 amide bonds. The van der Waals surface area contributed by atoms with Crippen LogP contribution in [0.4, 0.5) is 17.5 Å². The molecule has 0 unspecified atom stereocenters. The van der Waals surface area contributed by atoms with Crippen LogP contribution < -0.4 is 15.5 Å². The number of fused-ring (bicyclic) bond motifs is 1. The molecule has 1 aromatic carbocycles. The van der Waals surface area contributed by atoms with E-state index in [-0.39, 0.29) is 18.5 Å². The molecule has 0 bridgehead atoms. The highest BCUT2D eigenvalue weighted by Gasteiger charge is 2.27. The molecule has 9 nitrogen and oxygen atoms in total. The molecule has 2 N–H and O–H groups in total. The van der Waals surface area contributed by atoms with Crippen LogP contribution in [0, 0.1) is 0 Å². The highest BCUT2D eigenvalue weighted by atomic mass is 32.2. The lowest BCUT2D eigenvalue weighted by Crippen LogP contribution is -2.42. The smallest absolute Gasteiger partial charge is 0.244 e. The molecule has 10 heteroatoms. The Kier molecular flexibility index (Phi) is 5.37. The number of piperidine rings is 1. The zero-order valence-electron chi connectivity index (χ0n) is 16.2. The third kappa shape index (κ3) is 4.65. The molecule has 4 rings (SSSR count). The average molecular weight is 417 g/mol. The molecule has 154 valence electrons. The van der Waals surface area contributed by atoms with Gasteiger partial charge in [0.25, 0.3) is 0 Å². The fraction of sp³-hybridized carbons (Fsp3) is 0.421. The molecule has 2 aromatic rings. The maximum Gasteiger partial charge on any atom is 0.244 e. The molecule has 3 heterocycles. The second-order valence-corrected chi connectivity index (χ2v) is 9.38. The Balaban J connectivity index is 1.48. The van der Waals surface area contributed by atoms with Gasteiger partial charge in [-0.3, -0.25) is 4.79 Å². The molecule has 0 saturated carbocycles. The maximum atomic E-state index is 12.1. The molecule has 0 radical (unpaired) electrons. The van der Waals surface area contributed by atoms with Gasteiger partial charge < -0.3 is 15.5 Å². The van der Waals surface area contributed by atoms with E-state index in [2.05, 4.69) is 20.6 Å². The zero-order chi connectivity index (χ0) is 20.4. The fourth-order valence-corrected chi connectivity index (χ4v) is 4.53. The van der Waals surface area contributed by atoms with E-state index in [4.69, 9.17) is 0 Å². The Morgan fingerprint density at radius 3 is 2.62 bits per heavy atom. The van der Waals surface area contributed by atoms with E-state index < -0.39 is 10.0 Å². The molecule has 1 saturated heterocycles. The van der Waals surface area contributed by atoms with Crippen LogP contribution in [0.15, 0.2) is 36.5 Å². The number of hydrogen-bond donors (Lipinski definition) is 2. The number of anilines is 3. The summed E-state index contributed by atoms with van der Waals surface area (Å²) in [4.78, 5) is 23.0. The lowest BCUT2D eigenvalue weighted by molar-refractivity contribution is -0.115. The second kappa shape index (κ2) is 7.96. The average Bonchev–Trinajstić information content (AvgIpc) is 2.69. The molecule has 2 aliphatic heterocycles. The van der Waals surface area contributed by atoms with Gasteiger partial charge >= 0.3 is 0 Å². The minimum atomic E-state index is -3.15. The number of benzene rings is 1. The van der Waals surface area contributed by atoms with Crippen LogP contribution in [0.25, 0.3) is 0 Å². The number of rotatable bonds is 5. The van der Waals surface area contributed by atoms with E-state index >= 15 is 0 Å². The van der Waals surface area contributed by atoms with Crippen molar-refractivity contribution < 1.29 is 13.2 Å². The summed E-state index contributed by atoms with van der Waals surface area (Å²) < 4.78 is 24.8. The topological polar surface area (TPSA) is 108 Å². The molecule has 2 aliphatic rings. The Labute approximate surface area is 170 Å². The summed E-state index contributed by atoms with van der Waals surface area (Å²) >= 11 is 0. The van der Waals surface area contributed by atoms with Gasteiger partial charge in [-0.05, 0) is 18.4 Å². The van der Waals surface area contributed by atoms with Crippen LogP contribution in [0.3, 0.4) is 0 Å². The predicted molar refractivity (Wildman–Crippen MR) is 111 cm³/mol. The standard InChI is InChI=1S/C19H24N6O3S/c1-29(27,28)25-9-7-15(8-10-25)21-19-20-11-16-18(23-19)24(13-17(26)22-16)12-14-5-3-2-4-6-14/h2-6,11,15H,7-10,12-13H2,1H3,(H,22,26)(H,20,21,23). The summed E-state index contributed by atoms with van der Waals surface area (Å²) in [6.07, 6.45) is 4.24. The highest BCUT2D eigenvalue weighted by molar-refractivity contribution is 7.88. The van der Waals surface area contributed by atoms with Crippen LogP contribution in [0.2, 0.25) is 0 Å². The van der Waals surface area contributed by atoms with Crippen LogP contribution >= 0.6 is 0 Å². The van der Waals surface area contributed by atoms with E-state index in [0.717, 1.165) is 5.56 Å². The molecule has 0 atom stereocenters. The molecule has 0 aliphatic carbocycles. The van der Waals surface area contributed by atoms with Crippen LogP contribution in [-0.2, 0) is 21.4 Å². The monoisotopic (exact) mass is 416 g/mol. The third-order valence-corrected chi connectivity index (χ3v) is 6.45. The van der Waals surface area contributed by atoms with Gasteiger partial charge in [-0.2, -0.15) is 4.98 Å². The Morgan fingerprint density at radius 2 is 1.93 bits per heavy atom. The van der Waals surface area contributed by atoms with Crippen molar-refractivity contribution in [1.82, 2.24) is 14.3 Å². The molecular formula is C19H24N6O3S. The van der Waals surface area contributed by atoms with E-state index in [1.807, 2.05) is 35.2 Å². The molecule has 1 fully saturated rings. The fourth-order valence-electron chi connectivity index (χ4n) is 3.66. The Morgan fingerprint density at radius 1 is 1.21 bits per heavy atom. The van der Waals surface area contributed by atoms with E-state index in [1.165, 1.54) is 10.6 Å². The lowest BCUT2D eigenvalue weighted by Gasteiger charge is -2.32. The number of hydrogen-bond acceptors (Lipinski definition) is 7. The van der Waals surface area contributed by atoms with Crippen molar-refractivity contribution in [2.45, 2.75) is 25.4 Å². The largest absolute Gasteiger partial charge is 0.351 e. The van der Waals surface area contributed by atoms with Crippen molar-refractivity contribution in [3.8, 4) is 0 Å². The van der Waals surface area contributed by atoms with Gasteiger partial charge in [-0.25, -0.2) is 17.7 Å². The number of aromatic nitrogens is 2. The van der Waals surface area contributed by atoms with Gasteiger partial charge in [0.2, 0.25) is 21.9 Å². The number of sulfonamides is 1. The van der Waals surface area contributed by atoms with Gasteiger partial charge in [0.1, 0.15) is 5.69 Å². The van der Waals surface area contributed by atoms with E-state index in [9.17, 15) is 13.2 Å². The van der Waals surface area contributed by atoms with Gasteiger partial charge in [0, 0.05) is 25.7 Å². The maximum absolute atomic E-state index is 12.1. The quantitative estimate of drug-likeness (QED) is 0.756. The van der Waals surface area contributed by atoms with Crippen molar-refractivity contribution in [2.75, 3.05) is 41.4 Å². The van der Waals surface area contributed by atoms with Gasteiger partial charge in [0.15, 0.2) is 5.82 Å². The van der Waals surface area contributed by atoms with Crippen molar-refractivity contribution in [2.24, 2.45) is 0 Å². The van der Waals surface area contributed by atoms with E-state index in [1.54, 1.807) is 6.20 Å². The Bertz CT molecular complexity index is 990. The summed E-state index contributed by atoms with van der Waals surface area (Å²) in [6, 6.07) is 10.0. The second-order valence-electron chi connectivity index (χ2n) is 7.40. The first kappa shape index (κ1) is 19.6. The number of nitrogens with zero attached hydrogens (tertiary/aromatic N) is 4. The van der Waals surface area contributed by atoms with Gasteiger partial charge in [-0.15, -0.1) is 0 Å². The summed E-state index contributed by atoms with van der Waals surface area (Å²) in [5.41, 5.74) is 1.68. The Hall–Kier alpha value is -2.72. The highest BCUT2D eigenvalue weighted by Crippen LogP contribution is 2.29. The first-order valence-electron chi connectivity index (χ1n) is 9.56. The summed E-state index contributed by atoms with van der Waals surface area (Å²) in [5.74, 6) is 1.07. The van der Waals surface area contributed by atoms with Crippen molar-refractivity contribution in [1.29, 1.82) is 0 Å². The van der Waals surface area contributed by atoms with Crippen LogP contribution in [0.1, 0.15) is 18.4 Å². The number of carbonyl (C=O) groups excluding carboxylic acids is 1. The normalized spacial score (nSPS) is 18.2. The predicted octanol–water partition coefficient (Wildman–Crippen LogP) is 1.27. The first-order valence-corrected chi connectivity index (χ1v) is 11.4. The molecule has 0 spiro atoms. The minimum Gasteiger partial charge on any atom is -0.351 e. The van der Waals surface area contributed by atoms with Crippen LogP contribution in [-0.4, -0.2) is 60.5 Å². The molecular weight excluding hydrogens is 392 g/mol. The minimum absolute atomic E-state index is 0.0918. The van der Waals surface area contributed by atoms with Crippen molar-refractivity contribution in [3.05, 3.63) is 42.1 Å². The molecule has 1 aromatic heterocycles. The number of carbonyl (C=O) groups is 1. The van der Waals surface area contributed by atoms with Gasteiger partial charge in [0.05, 0.1) is 19.0 Å². The lowest BCUT2D eigenvalue weighted by atomic mass is 10.1. The SMILES string of the molecule is CS(=O)(=O)N1CCC(Nc2ncc3c(n2)N(Cc2ccccc2)CC(=O)N3)CC1. The first-order chi connectivity index (χ1) is 13.9. The third-order valence-electron chi connectivity index (χ3n) is 5.15. The summed E-state index contributed by atoms with van der Waals surface area (Å²) in [7, 11) is -3.15. The number of amides is 1. The zero-order valence-corrected chi connectivity index (χ0v) is 17.0. The molecule has 29 heavy (non-hydrogen) atoms. The summed E-state index contributed by atoms with van der Waals surface area (Å²) in [5, 5.41) is 6.14. The van der Waals surface area contributed by atoms with Crippen molar-refractivity contribution >= 4 is 33.4 Å².